The van der Waals surface area contributed by atoms with Crippen LogP contribution in [-0.2, 0) is 0 Å². The minimum absolute atomic E-state index is 0.564. The molecule has 54 valence electrons. The van der Waals surface area contributed by atoms with Gasteiger partial charge in [-0.1, -0.05) is 6.08 Å². The van der Waals surface area contributed by atoms with Gasteiger partial charge in [0.05, 0.1) is 6.61 Å². The van der Waals surface area contributed by atoms with E-state index in [9.17, 15) is 13.2 Å². The lowest BCUT2D eigenvalue weighted by molar-refractivity contribution is -0.0917. The fourth-order valence-electron chi connectivity index (χ4n) is 0.253. The first-order valence-corrected chi connectivity index (χ1v) is 2.33. The molecule has 1 nitrogen and oxygen atoms in total. The molecule has 0 bridgehead atoms. The van der Waals surface area contributed by atoms with E-state index in [-0.39, 0.29) is 0 Å². The monoisotopic (exact) mass is 140 g/mol. The molecule has 0 radical (unpaired) electrons. The van der Waals surface area contributed by atoms with Crippen molar-refractivity contribution in [1.29, 1.82) is 0 Å². The van der Waals surface area contributed by atoms with Crippen molar-refractivity contribution in [3.8, 4) is 0 Å². The first-order chi connectivity index (χ1) is 3.98. The number of allylic oxidation sites excluding steroid dienone is 1. The van der Waals surface area contributed by atoms with Crippen LogP contribution >= 0.6 is 0 Å². The fraction of sp³-hybridized carbons (Fsp3) is 0.600. The number of hydrogen-bond acceptors (Lipinski definition) is 1. The van der Waals surface area contributed by atoms with Crippen molar-refractivity contribution in [3.05, 3.63) is 11.6 Å². The Hall–Kier alpha value is -0.510. The molecular weight excluding hydrogens is 133 g/mol. The summed E-state index contributed by atoms with van der Waals surface area (Å²) in [4.78, 5) is 0. The maximum Gasteiger partial charge on any atom is 0.412 e. The van der Waals surface area contributed by atoms with Gasteiger partial charge in [0, 0.05) is 5.57 Å². The third kappa shape index (κ3) is 3.13. The Morgan fingerprint density at radius 2 is 2.00 bits per heavy atom. The Morgan fingerprint density at radius 1 is 1.56 bits per heavy atom. The highest BCUT2D eigenvalue weighted by Crippen LogP contribution is 2.24. The van der Waals surface area contributed by atoms with Crippen LogP contribution < -0.4 is 0 Å². The highest BCUT2D eigenvalue weighted by Gasteiger charge is 2.29. The van der Waals surface area contributed by atoms with E-state index in [1.807, 2.05) is 0 Å². The van der Waals surface area contributed by atoms with Crippen LogP contribution in [0.2, 0.25) is 0 Å². The quantitative estimate of drug-likeness (QED) is 0.547. The van der Waals surface area contributed by atoms with Gasteiger partial charge in [-0.3, -0.25) is 0 Å². The van der Waals surface area contributed by atoms with Crippen molar-refractivity contribution in [2.24, 2.45) is 0 Å². The van der Waals surface area contributed by atoms with Crippen LogP contribution in [0.3, 0.4) is 0 Å². The summed E-state index contributed by atoms with van der Waals surface area (Å²) in [5, 5.41) is 8.02. The highest BCUT2D eigenvalue weighted by atomic mass is 19.4. The number of aliphatic hydroxyl groups is 1. The van der Waals surface area contributed by atoms with E-state index in [2.05, 4.69) is 0 Å². The maximum atomic E-state index is 11.5. The molecule has 0 aromatic carbocycles. The summed E-state index contributed by atoms with van der Waals surface area (Å²) in [5.74, 6) is 0. The Morgan fingerprint density at radius 3 is 2.11 bits per heavy atom. The molecule has 0 fully saturated rings. The molecular formula is C5H7F3O. The van der Waals surface area contributed by atoms with Crippen LogP contribution in [0.25, 0.3) is 0 Å². The number of aliphatic hydroxyl groups excluding tert-OH is 1. The van der Waals surface area contributed by atoms with Gasteiger partial charge in [-0.05, 0) is 6.92 Å². The molecule has 0 aliphatic rings. The van der Waals surface area contributed by atoms with Crippen molar-refractivity contribution >= 4 is 0 Å². The van der Waals surface area contributed by atoms with Crippen molar-refractivity contribution in [2.75, 3.05) is 6.61 Å². The van der Waals surface area contributed by atoms with E-state index in [1.165, 1.54) is 0 Å². The van der Waals surface area contributed by atoms with Gasteiger partial charge in [0.1, 0.15) is 0 Å². The predicted molar refractivity (Wildman–Crippen MR) is 26.9 cm³/mol. The average molecular weight is 140 g/mol. The van der Waals surface area contributed by atoms with Gasteiger partial charge in [-0.15, -0.1) is 0 Å². The first-order valence-electron chi connectivity index (χ1n) is 2.33. The second-order valence-electron chi connectivity index (χ2n) is 1.57. The zero-order chi connectivity index (χ0) is 7.49. The SMILES string of the molecule is C/C(=C/CO)C(F)(F)F. The molecule has 0 aromatic rings. The van der Waals surface area contributed by atoms with Crippen LogP contribution in [0.5, 0.6) is 0 Å². The molecule has 0 amide bonds. The summed E-state index contributed by atoms with van der Waals surface area (Å²) in [6.45, 7) is 0.349. The van der Waals surface area contributed by atoms with Crippen LogP contribution in [0.1, 0.15) is 6.92 Å². The summed E-state index contributed by atoms with van der Waals surface area (Å²) in [7, 11) is 0. The minimum Gasteiger partial charge on any atom is -0.392 e. The summed E-state index contributed by atoms with van der Waals surface area (Å²) < 4.78 is 34.4. The van der Waals surface area contributed by atoms with Gasteiger partial charge < -0.3 is 5.11 Å². The lowest BCUT2D eigenvalue weighted by Crippen LogP contribution is -2.09. The first kappa shape index (κ1) is 8.49. The highest BCUT2D eigenvalue weighted by molar-refractivity contribution is 5.04. The summed E-state index contributed by atoms with van der Waals surface area (Å²) in [5.41, 5.74) is -0.759. The summed E-state index contributed by atoms with van der Waals surface area (Å²) >= 11 is 0. The largest absolute Gasteiger partial charge is 0.412 e. The fourth-order valence-corrected chi connectivity index (χ4v) is 0.253. The van der Waals surface area contributed by atoms with E-state index in [1.54, 1.807) is 0 Å². The van der Waals surface area contributed by atoms with Gasteiger partial charge in [0.25, 0.3) is 0 Å². The molecule has 0 heterocycles. The number of rotatable bonds is 1. The van der Waals surface area contributed by atoms with Gasteiger partial charge >= 0.3 is 6.18 Å². The molecule has 9 heavy (non-hydrogen) atoms. The Labute approximate surface area is 50.8 Å². The molecule has 0 aliphatic carbocycles. The van der Waals surface area contributed by atoms with Crippen LogP contribution in [0.4, 0.5) is 13.2 Å². The van der Waals surface area contributed by atoms with Crippen molar-refractivity contribution in [3.63, 3.8) is 0 Å². The topological polar surface area (TPSA) is 20.2 Å². The Bertz CT molecular complexity index is 114. The normalized spacial score (nSPS) is 14.1. The van der Waals surface area contributed by atoms with Crippen LogP contribution in [0.15, 0.2) is 11.6 Å². The molecule has 0 saturated heterocycles. The molecule has 0 rings (SSSR count). The molecule has 0 spiro atoms. The number of alkyl halides is 3. The van der Waals surface area contributed by atoms with E-state index in [0.717, 1.165) is 13.0 Å². The predicted octanol–water partition coefficient (Wildman–Crippen LogP) is 1.49. The molecule has 1 N–H and O–H groups in total. The third-order valence-electron chi connectivity index (χ3n) is 0.845. The second-order valence-corrected chi connectivity index (χ2v) is 1.57. The molecule has 0 saturated carbocycles. The average Bonchev–Trinajstić information content (AvgIpc) is 1.64. The lowest BCUT2D eigenvalue weighted by atomic mass is 10.3. The molecule has 0 unspecified atom stereocenters. The van der Waals surface area contributed by atoms with Crippen molar-refractivity contribution in [1.82, 2.24) is 0 Å². The number of halogens is 3. The summed E-state index contributed by atoms with van der Waals surface area (Å²) in [6.07, 6.45) is -3.57. The van der Waals surface area contributed by atoms with Gasteiger partial charge in [-0.25, -0.2) is 0 Å². The number of hydrogen-bond donors (Lipinski definition) is 1. The van der Waals surface area contributed by atoms with Gasteiger partial charge in [0.2, 0.25) is 0 Å². The van der Waals surface area contributed by atoms with E-state index < -0.39 is 18.4 Å². The smallest absolute Gasteiger partial charge is 0.392 e. The maximum absolute atomic E-state index is 11.5. The molecule has 0 aromatic heterocycles. The van der Waals surface area contributed by atoms with Gasteiger partial charge in [0.15, 0.2) is 0 Å². The van der Waals surface area contributed by atoms with Crippen LogP contribution in [0, 0.1) is 0 Å². The molecule has 0 atom stereocenters. The second kappa shape index (κ2) is 2.87. The van der Waals surface area contributed by atoms with Gasteiger partial charge in [-0.2, -0.15) is 13.2 Å². The van der Waals surface area contributed by atoms with E-state index in [4.69, 9.17) is 5.11 Å². The van der Waals surface area contributed by atoms with Crippen LogP contribution in [-0.4, -0.2) is 17.9 Å². The Balaban J connectivity index is 4.03. The van der Waals surface area contributed by atoms with Crippen molar-refractivity contribution in [2.45, 2.75) is 13.1 Å². The zero-order valence-electron chi connectivity index (χ0n) is 4.87. The summed E-state index contributed by atoms with van der Waals surface area (Å²) in [6, 6.07) is 0. The lowest BCUT2D eigenvalue weighted by Gasteiger charge is -2.04. The minimum atomic E-state index is -4.29. The zero-order valence-corrected chi connectivity index (χ0v) is 4.87. The van der Waals surface area contributed by atoms with E-state index >= 15 is 0 Å². The molecule has 4 heteroatoms. The Kier molecular flexibility index (Phi) is 2.70. The van der Waals surface area contributed by atoms with E-state index in [0.29, 0.717) is 0 Å². The van der Waals surface area contributed by atoms with Crippen molar-refractivity contribution < 1.29 is 18.3 Å². The molecule has 0 aliphatic heterocycles. The third-order valence-corrected chi connectivity index (χ3v) is 0.845. The standard InChI is InChI=1S/C5H7F3O/c1-4(2-3-9)5(6,7)8/h2,9H,3H2,1H3/b4-2-.